The minimum atomic E-state index is 0. The zero-order chi connectivity index (χ0) is 15.2. The zero-order valence-electron chi connectivity index (χ0n) is 11.9. The Morgan fingerprint density at radius 3 is 1.91 bits per heavy atom. The summed E-state index contributed by atoms with van der Waals surface area (Å²) in [6, 6.07) is 15.4. The topological polar surface area (TPSA) is 129 Å². The molecule has 0 amide bonds. The van der Waals surface area contributed by atoms with E-state index in [-0.39, 0.29) is 24.3 Å². The van der Waals surface area contributed by atoms with Gasteiger partial charge in [0.15, 0.2) is 11.9 Å². The third-order valence-corrected chi connectivity index (χ3v) is 2.77. The molecule has 0 fully saturated rings. The van der Waals surface area contributed by atoms with Crippen LogP contribution in [0.1, 0.15) is 11.1 Å². The first-order valence-electron chi connectivity index (χ1n) is 6.40. The van der Waals surface area contributed by atoms with E-state index >= 15 is 0 Å². The van der Waals surface area contributed by atoms with Crippen molar-refractivity contribution in [2.75, 3.05) is 0 Å². The predicted octanol–water partition coefficient (Wildman–Crippen LogP) is 1.51. The molecule has 7 heteroatoms. The summed E-state index contributed by atoms with van der Waals surface area (Å²) >= 11 is 0. The summed E-state index contributed by atoms with van der Waals surface area (Å²) in [5.74, 6) is 0.0985. The smallest absolute Gasteiger partial charge is 0.191 e. The molecule has 0 saturated carbocycles. The molecule has 0 aliphatic carbocycles. The molecule has 0 radical (unpaired) electrons. The van der Waals surface area contributed by atoms with Crippen LogP contribution in [0.5, 0.6) is 0 Å². The maximum absolute atomic E-state index is 5.38. The molecule has 0 spiro atoms. The van der Waals surface area contributed by atoms with E-state index in [1.54, 1.807) is 0 Å². The van der Waals surface area contributed by atoms with Crippen molar-refractivity contribution in [3.8, 4) is 0 Å². The average molecular weight is 319 g/mol. The monoisotopic (exact) mass is 318 g/mol. The first kappa shape index (κ1) is 17.3. The molecule has 22 heavy (non-hydrogen) atoms. The van der Waals surface area contributed by atoms with E-state index < -0.39 is 0 Å². The highest BCUT2D eigenvalue weighted by Gasteiger charge is 1.99. The molecule has 0 saturated heterocycles. The summed E-state index contributed by atoms with van der Waals surface area (Å²) in [4.78, 5) is 8.02. The zero-order valence-corrected chi connectivity index (χ0v) is 12.8. The summed E-state index contributed by atoms with van der Waals surface area (Å²) in [5.41, 5.74) is 25.2. The number of aliphatic imine (C=N–C) groups is 2. The second-order valence-corrected chi connectivity index (χ2v) is 4.59. The average Bonchev–Trinajstić information content (AvgIpc) is 2.40. The number of halogens is 1. The first-order valence-corrected chi connectivity index (χ1v) is 6.40. The van der Waals surface area contributed by atoms with E-state index in [0.717, 1.165) is 28.9 Å². The summed E-state index contributed by atoms with van der Waals surface area (Å²) in [6.45, 7) is 0. The van der Waals surface area contributed by atoms with E-state index in [1.165, 1.54) is 0 Å². The maximum Gasteiger partial charge on any atom is 0.191 e. The molecule has 6 nitrogen and oxygen atoms in total. The molecular weight excluding hydrogens is 300 g/mol. The van der Waals surface area contributed by atoms with Crippen LogP contribution < -0.4 is 22.9 Å². The van der Waals surface area contributed by atoms with Crippen molar-refractivity contribution in [2.24, 2.45) is 32.9 Å². The van der Waals surface area contributed by atoms with Crippen molar-refractivity contribution in [2.45, 2.75) is 6.42 Å². The Hall–Kier alpha value is -2.73. The summed E-state index contributed by atoms with van der Waals surface area (Å²) in [7, 11) is 0. The van der Waals surface area contributed by atoms with Gasteiger partial charge in [-0.25, -0.2) is 9.98 Å². The van der Waals surface area contributed by atoms with Gasteiger partial charge in [-0.3, -0.25) is 0 Å². The van der Waals surface area contributed by atoms with Crippen LogP contribution in [-0.2, 0) is 6.42 Å². The third-order valence-electron chi connectivity index (χ3n) is 2.77. The van der Waals surface area contributed by atoms with Gasteiger partial charge in [-0.1, -0.05) is 24.3 Å². The molecule has 116 valence electrons. The molecule has 8 N–H and O–H groups in total. The minimum absolute atomic E-state index is 0. The molecular formula is C15H19ClN6. The van der Waals surface area contributed by atoms with Gasteiger partial charge < -0.3 is 22.9 Å². The quantitative estimate of drug-likeness (QED) is 0.503. The number of nitrogens with two attached hydrogens (primary N) is 4. The largest absolute Gasteiger partial charge is 0.370 e. The molecule has 0 aliphatic rings. The van der Waals surface area contributed by atoms with Gasteiger partial charge in [0, 0.05) is 0 Å². The summed E-state index contributed by atoms with van der Waals surface area (Å²) < 4.78 is 0. The van der Waals surface area contributed by atoms with Gasteiger partial charge in [0.2, 0.25) is 0 Å². The Balaban J connectivity index is 0.00000242. The number of nitrogens with zero attached hydrogens (tertiary/aromatic N) is 2. The van der Waals surface area contributed by atoms with E-state index in [1.807, 2.05) is 48.5 Å². The Morgan fingerprint density at radius 1 is 0.727 bits per heavy atom. The van der Waals surface area contributed by atoms with Gasteiger partial charge in [-0.2, -0.15) is 0 Å². The highest BCUT2D eigenvalue weighted by Crippen LogP contribution is 2.19. The van der Waals surface area contributed by atoms with Gasteiger partial charge in [0.05, 0.1) is 11.4 Å². The van der Waals surface area contributed by atoms with E-state index in [0.29, 0.717) is 0 Å². The Morgan fingerprint density at radius 2 is 1.32 bits per heavy atom. The van der Waals surface area contributed by atoms with Gasteiger partial charge in [-0.05, 0) is 41.8 Å². The Bertz CT molecular complexity index is 671. The SMILES string of the molecule is Cl.NC(N)=Nc1ccc(Cc2cccc(N=C(N)N)c2)cc1. The van der Waals surface area contributed by atoms with E-state index in [9.17, 15) is 0 Å². The Kier molecular flexibility index (Phi) is 6.22. The van der Waals surface area contributed by atoms with Crippen LogP contribution in [0, 0.1) is 0 Å². The number of hydrogen-bond donors (Lipinski definition) is 4. The van der Waals surface area contributed by atoms with E-state index in [4.69, 9.17) is 22.9 Å². The van der Waals surface area contributed by atoms with Crippen molar-refractivity contribution in [3.63, 3.8) is 0 Å². The normalized spacial score (nSPS) is 9.45. The molecule has 0 bridgehead atoms. The van der Waals surface area contributed by atoms with Crippen LogP contribution in [-0.4, -0.2) is 11.9 Å². The standard InChI is InChI=1S/C15H18N6.ClH/c16-14(17)20-12-6-4-10(5-7-12)8-11-2-1-3-13(9-11)21-15(18)19;/h1-7,9H,8H2,(H4,16,17,20)(H4,18,19,21);1H. The predicted molar refractivity (Wildman–Crippen MR) is 93.9 cm³/mol. The second kappa shape index (κ2) is 7.90. The van der Waals surface area contributed by atoms with Gasteiger partial charge in [0.1, 0.15) is 0 Å². The maximum atomic E-state index is 5.38. The fourth-order valence-electron chi connectivity index (χ4n) is 1.96. The van der Waals surface area contributed by atoms with Crippen LogP contribution in [0.3, 0.4) is 0 Å². The van der Waals surface area contributed by atoms with Crippen LogP contribution in [0.25, 0.3) is 0 Å². The van der Waals surface area contributed by atoms with Crippen molar-refractivity contribution >= 4 is 35.7 Å². The van der Waals surface area contributed by atoms with Gasteiger partial charge >= 0.3 is 0 Å². The fourth-order valence-corrected chi connectivity index (χ4v) is 1.96. The second-order valence-electron chi connectivity index (χ2n) is 4.59. The van der Waals surface area contributed by atoms with Crippen molar-refractivity contribution < 1.29 is 0 Å². The summed E-state index contributed by atoms with van der Waals surface area (Å²) in [5, 5.41) is 0. The minimum Gasteiger partial charge on any atom is -0.370 e. The van der Waals surface area contributed by atoms with Crippen LogP contribution in [0.2, 0.25) is 0 Å². The molecule has 2 rings (SSSR count). The molecule has 0 heterocycles. The highest BCUT2D eigenvalue weighted by atomic mass is 35.5. The van der Waals surface area contributed by atoms with Crippen LogP contribution >= 0.6 is 12.4 Å². The fraction of sp³-hybridized carbons (Fsp3) is 0.0667. The number of guanidine groups is 2. The Labute approximate surface area is 135 Å². The van der Waals surface area contributed by atoms with Crippen molar-refractivity contribution in [3.05, 3.63) is 59.7 Å². The molecule has 0 atom stereocenters. The lowest BCUT2D eigenvalue weighted by Crippen LogP contribution is -2.21. The molecule has 2 aromatic rings. The number of rotatable bonds is 4. The highest BCUT2D eigenvalue weighted by molar-refractivity contribution is 5.85. The lowest BCUT2D eigenvalue weighted by Gasteiger charge is -2.04. The molecule has 0 unspecified atom stereocenters. The summed E-state index contributed by atoms with van der Waals surface area (Å²) in [6.07, 6.45) is 0.774. The van der Waals surface area contributed by atoms with Gasteiger partial charge in [0.25, 0.3) is 0 Å². The van der Waals surface area contributed by atoms with Gasteiger partial charge in [-0.15, -0.1) is 12.4 Å². The molecule has 2 aromatic carbocycles. The number of benzene rings is 2. The molecule has 0 aromatic heterocycles. The number of hydrogen-bond acceptors (Lipinski definition) is 2. The van der Waals surface area contributed by atoms with Crippen LogP contribution in [0.4, 0.5) is 11.4 Å². The lowest BCUT2D eigenvalue weighted by atomic mass is 10.0. The van der Waals surface area contributed by atoms with E-state index in [2.05, 4.69) is 9.98 Å². The third kappa shape index (κ3) is 5.34. The van der Waals surface area contributed by atoms with Crippen molar-refractivity contribution in [1.82, 2.24) is 0 Å². The molecule has 0 aliphatic heterocycles. The lowest BCUT2D eigenvalue weighted by molar-refractivity contribution is 1.19. The first-order chi connectivity index (χ1) is 10.0. The van der Waals surface area contributed by atoms with Crippen molar-refractivity contribution in [1.29, 1.82) is 0 Å². The van der Waals surface area contributed by atoms with Crippen LogP contribution in [0.15, 0.2) is 58.5 Å².